The van der Waals surface area contributed by atoms with Gasteiger partial charge in [0, 0.05) is 28.4 Å². The van der Waals surface area contributed by atoms with Crippen molar-refractivity contribution in [3.05, 3.63) is 93.3 Å². The summed E-state index contributed by atoms with van der Waals surface area (Å²) in [5, 5.41) is 2.84. The molecule has 6 nitrogen and oxygen atoms in total. The molecule has 2 aromatic carbocycles. The normalized spacial score (nSPS) is 10.8. The van der Waals surface area contributed by atoms with Gasteiger partial charge in [0.25, 0.3) is 11.5 Å². The number of carbonyl (C=O) groups excluding carboxylic acids is 1. The molecule has 4 aromatic rings. The first-order valence-electron chi connectivity index (χ1n) is 8.66. The van der Waals surface area contributed by atoms with Crippen LogP contribution in [0.3, 0.4) is 0 Å². The van der Waals surface area contributed by atoms with E-state index < -0.39 is 0 Å². The van der Waals surface area contributed by atoms with Gasteiger partial charge in [-0.05, 0) is 43.3 Å². The number of fused-ring (bicyclic) bond motifs is 1. The number of rotatable bonds is 5. The van der Waals surface area contributed by atoms with Crippen molar-refractivity contribution < 1.29 is 9.53 Å². The highest BCUT2D eigenvalue weighted by molar-refractivity contribution is 7.16. The maximum absolute atomic E-state index is 12.2. The van der Waals surface area contributed by atoms with E-state index >= 15 is 0 Å². The predicted octanol–water partition coefficient (Wildman–Crippen LogP) is 3.90. The molecule has 0 aliphatic heterocycles. The number of nitrogens with one attached hydrogen (secondary N) is 1. The highest BCUT2D eigenvalue weighted by Crippen LogP contribution is 2.18. The van der Waals surface area contributed by atoms with Gasteiger partial charge >= 0.3 is 0 Å². The fraction of sp³-hybridized carbons (Fsp3) is 0.0952. The molecule has 0 bridgehead atoms. The zero-order valence-corrected chi connectivity index (χ0v) is 15.9. The van der Waals surface area contributed by atoms with Gasteiger partial charge in [-0.3, -0.25) is 14.0 Å². The van der Waals surface area contributed by atoms with Gasteiger partial charge < -0.3 is 10.1 Å². The second-order valence-electron chi connectivity index (χ2n) is 6.21. The molecule has 4 rings (SSSR count). The first kappa shape index (κ1) is 17.9. The van der Waals surface area contributed by atoms with E-state index in [0.717, 1.165) is 4.88 Å². The van der Waals surface area contributed by atoms with Gasteiger partial charge in [-0.15, -0.1) is 11.3 Å². The molecule has 2 heterocycles. The minimum atomic E-state index is -0.168. The molecular weight excluding hydrogens is 374 g/mol. The summed E-state index contributed by atoms with van der Waals surface area (Å²) in [7, 11) is 0. The summed E-state index contributed by atoms with van der Waals surface area (Å²) in [4.78, 5) is 30.4. The van der Waals surface area contributed by atoms with Crippen LogP contribution in [0.2, 0.25) is 0 Å². The Morgan fingerprint density at radius 1 is 1.14 bits per heavy atom. The van der Waals surface area contributed by atoms with Gasteiger partial charge in [0.05, 0.1) is 5.69 Å². The zero-order valence-electron chi connectivity index (χ0n) is 15.1. The van der Waals surface area contributed by atoms with E-state index in [9.17, 15) is 9.59 Å². The van der Waals surface area contributed by atoms with Crippen LogP contribution in [0.4, 0.5) is 5.69 Å². The number of thiazole rings is 1. The van der Waals surface area contributed by atoms with Gasteiger partial charge in [0.15, 0.2) is 4.96 Å². The average Bonchev–Trinajstić information content (AvgIpc) is 3.09. The highest BCUT2D eigenvalue weighted by atomic mass is 32.1. The lowest BCUT2D eigenvalue weighted by atomic mass is 10.2. The van der Waals surface area contributed by atoms with E-state index in [1.807, 2.05) is 25.1 Å². The lowest BCUT2D eigenvalue weighted by Gasteiger charge is -2.08. The molecule has 0 atom stereocenters. The summed E-state index contributed by atoms with van der Waals surface area (Å²) < 4.78 is 7.26. The van der Waals surface area contributed by atoms with Crippen molar-refractivity contribution in [2.45, 2.75) is 13.5 Å². The van der Waals surface area contributed by atoms with E-state index in [4.69, 9.17) is 4.74 Å². The molecule has 0 radical (unpaired) electrons. The number of aromatic nitrogens is 2. The van der Waals surface area contributed by atoms with Crippen LogP contribution in [0.1, 0.15) is 20.9 Å². The molecule has 140 valence electrons. The molecule has 0 spiro atoms. The molecule has 0 saturated heterocycles. The van der Waals surface area contributed by atoms with Crippen LogP contribution in [0.15, 0.2) is 71.7 Å². The predicted molar refractivity (Wildman–Crippen MR) is 109 cm³/mol. The van der Waals surface area contributed by atoms with Crippen molar-refractivity contribution >= 4 is 27.9 Å². The third kappa shape index (κ3) is 3.94. The number of benzene rings is 2. The van der Waals surface area contributed by atoms with Crippen LogP contribution in [-0.2, 0) is 6.61 Å². The molecule has 1 N–H and O–H groups in total. The Morgan fingerprint density at radius 3 is 2.64 bits per heavy atom. The highest BCUT2D eigenvalue weighted by Gasteiger charge is 2.07. The summed E-state index contributed by atoms with van der Waals surface area (Å²) in [5.74, 6) is 0.459. The average molecular weight is 391 g/mol. The first-order valence-corrected chi connectivity index (χ1v) is 9.48. The summed E-state index contributed by atoms with van der Waals surface area (Å²) in [6.45, 7) is 2.13. The van der Waals surface area contributed by atoms with Crippen molar-refractivity contribution in [2.75, 3.05) is 5.32 Å². The minimum Gasteiger partial charge on any atom is -0.487 e. The quantitative estimate of drug-likeness (QED) is 0.560. The standard InChI is InChI=1S/C21H17N3O3S/c1-14-12-24-19(25)11-17(23-21(24)28-14)13-27-18-9-7-16(8-10-18)22-20(26)15-5-3-2-4-6-15/h2-12H,13H2,1H3,(H,22,26). The maximum Gasteiger partial charge on any atom is 0.258 e. The Kier molecular flexibility index (Phi) is 4.90. The molecule has 0 saturated carbocycles. The number of amides is 1. The number of aryl methyl sites for hydroxylation is 1. The fourth-order valence-corrected chi connectivity index (χ4v) is 3.57. The molecule has 0 aliphatic rings. The van der Waals surface area contributed by atoms with Crippen molar-refractivity contribution in [2.24, 2.45) is 0 Å². The van der Waals surface area contributed by atoms with E-state index in [-0.39, 0.29) is 18.1 Å². The molecule has 2 aromatic heterocycles. The van der Waals surface area contributed by atoms with Gasteiger partial charge in [0.2, 0.25) is 0 Å². The van der Waals surface area contributed by atoms with Crippen molar-refractivity contribution in [3.8, 4) is 5.75 Å². The number of ether oxygens (including phenoxy) is 1. The summed E-state index contributed by atoms with van der Waals surface area (Å²) in [6, 6.07) is 17.6. The fourth-order valence-electron chi connectivity index (χ4n) is 2.72. The van der Waals surface area contributed by atoms with Crippen LogP contribution < -0.4 is 15.6 Å². The SMILES string of the molecule is Cc1cn2c(=O)cc(COc3ccc(NC(=O)c4ccccc4)cc3)nc2s1. The molecule has 1 amide bonds. The molecule has 28 heavy (non-hydrogen) atoms. The smallest absolute Gasteiger partial charge is 0.258 e. The Labute approximate surface area is 165 Å². The lowest BCUT2D eigenvalue weighted by molar-refractivity contribution is 0.102. The van der Waals surface area contributed by atoms with Crippen molar-refractivity contribution in [1.82, 2.24) is 9.38 Å². The lowest BCUT2D eigenvalue weighted by Crippen LogP contribution is -2.14. The number of hydrogen-bond acceptors (Lipinski definition) is 5. The Morgan fingerprint density at radius 2 is 1.89 bits per heavy atom. The third-order valence-electron chi connectivity index (χ3n) is 4.07. The second kappa shape index (κ2) is 7.66. The number of carbonyl (C=O) groups is 1. The molecular formula is C21H17N3O3S. The van der Waals surface area contributed by atoms with E-state index in [2.05, 4.69) is 10.3 Å². The number of nitrogens with zero attached hydrogens (tertiary/aromatic N) is 2. The van der Waals surface area contributed by atoms with Gasteiger partial charge in [-0.25, -0.2) is 4.98 Å². The minimum absolute atomic E-state index is 0.119. The van der Waals surface area contributed by atoms with E-state index in [1.165, 1.54) is 21.8 Å². The Hall–Kier alpha value is -3.45. The third-order valence-corrected chi connectivity index (χ3v) is 4.97. The van der Waals surface area contributed by atoms with Gasteiger partial charge in [-0.1, -0.05) is 18.2 Å². The van der Waals surface area contributed by atoms with Crippen LogP contribution in [0.5, 0.6) is 5.75 Å². The van der Waals surface area contributed by atoms with Gasteiger partial charge in [-0.2, -0.15) is 0 Å². The van der Waals surface area contributed by atoms with Crippen LogP contribution in [0.25, 0.3) is 4.96 Å². The summed E-state index contributed by atoms with van der Waals surface area (Å²) in [5.41, 5.74) is 1.73. The van der Waals surface area contributed by atoms with Crippen LogP contribution >= 0.6 is 11.3 Å². The zero-order chi connectivity index (χ0) is 19.5. The van der Waals surface area contributed by atoms with E-state index in [0.29, 0.717) is 27.7 Å². The number of anilines is 1. The van der Waals surface area contributed by atoms with E-state index in [1.54, 1.807) is 42.6 Å². The first-order chi connectivity index (χ1) is 13.6. The molecule has 7 heteroatoms. The largest absolute Gasteiger partial charge is 0.487 e. The molecule has 0 fully saturated rings. The Balaban J connectivity index is 1.41. The topological polar surface area (TPSA) is 72.7 Å². The van der Waals surface area contributed by atoms with Crippen LogP contribution in [0, 0.1) is 6.92 Å². The van der Waals surface area contributed by atoms with Crippen LogP contribution in [-0.4, -0.2) is 15.3 Å². The second-order valence-corrected chi connectivity index (χ2v) is 7.43. The number of hydrogen-bond donors (Lipinski definition) is 1. The molecule has 0 unspecified atom stereocenters. The van der Waals surface area contributed by atoms with Crippen molar-refractivity contribution in [1.29, 1.82) is 0 Å². The van der Waals surface area contributed by atoms with Crippen molar-refractivity contribution in [3.63, 3.8) is 0 Å². The monoisotopic (exact) mass is 391 g/mol. The maximum atomic E-state index is 12.2. The Bertz CT molecular complexity index is 1180. The van der Waals surface area contributed by atoms with Gasteiger partial charge in [0.1, 0.15) is 12.4 Å². The summed E-state index contributed by atoms with van der Waals surface area (Å²) in [6.07, 6.45) is 1.78. The summed E-state index contributed by atoms with van der Waals surface area (Å²) >= 11 is 1.46. The molecule has 0 aliphatic carbocycles.